The summed E-state index contributed by atoms with van der Waals surface area (Å²) in [5, 5.41) is 12.3. The van der Waals surface area contributed by atoms with Crippen LogP contribution in [0.3, 0.4) is 0 Å². The van der Waals surface area contributed by atoms with Crippen molar-refractivity contribution in [3.63, 3.8) is 0 Å². The van der Waals surface area contributed by atoms with Gasteiger partial charge in [-0.3, -0.25) is 4.79 Å². The highest BCUT2D eigenvalue weighted by Gasteiger charge is 2.14. The van der Waals surface area contributed by atoms with Crippen LogP contribution in [0.4, 0.5) is 0 Å². The lowest BCUT2D eigenvalue weighted by molar-refractivity contribution is 0.107. The van der Waals surface area contributed by atoms with E-state index in [-0.39, 0.29) is 12.5 Å². The Morgan fingerprint density at radius 1 is 1.45 bits per heavy atom. The number of benzene rings is 1. The predicted octanol–water partition coefficient (Wildman–Crippen LogP) is 3.03. The van der Waals surface area contributed by atoms with Gasteiger partial charge in [0.1, 0.15) is 6.61 Å². The number of ether oxygens (including phenoxy) is 1. The Hall–Kier alpha value is -2.01. The molecule has 20 heavy (non-hydrogen) atoms. The fourth-order valence-electron chi connectivity index (χ4n) is 2.01. The highest BCUT2D eigenvalue weighted by molar-refractivity contribution is 6.67. The van der Waals surface area contributed by atoms with Crippen LogP contribution in [0.25, 0.3) is 0 Å². The molecule has 0 amide bonds. The Kier molecular flexibility index (Phi) is 4.63. The number of rotatable bonds is 6. The van der Waals surface area contributed by atoms with Crippen molar-refractivity contribution in [1.29, 1.82) is 0 Å². The molecule has 106 valence electrons. The van der Waals surface area contributed by atoms with Crippen molar-refractivity contribution in [3.8, 4) is 5.88 Å². The molecule has 0 fully saturated rings. The molecule has 0 saturated heterocycles. The molecule has 6 heteroatoms. The van der Waals surface area contributed by atoms with Crippen molar-refractivity contribution in [2.24, 2.45) is 0 Å². The van der Waals surface area contributed by atoms with Crippen LogP contribution in [0.2, 0.25) is 0 Å². The van der Waals surface area contributed by atoms with Gasteiger partial charge in [0.15, 0.2) is 0 Å². The second-order valence-electron chi connectivity index (χ2n) is 4.33. The number of hydrogen-bond donors (Lipinski definition) is 1. The molecular weight excluding hydrogens is 280 g/mol. The van der Waals surface area contributed by atoms with Crippen molar-refractivity contribution in [1.82, 2.24) is 9.94 Å². The summed E-state index contributed by atoms with van der Waals surface area (Å²) in [5.74, 6) is 0.284. The summed E-state index contributed by atoms with van der Waals surface area (Å²) < 4.78 is 5.49. The lowest BCUT2D eigenvalue weighted by Crippen LogP contribution is -2.07. The zero-order valence-electron chi connectivity index (χ0n) is 11.0. The molecule has 0 aliphatic carbocycles. The number of aromatic nitrogens is 2. The third-order valence-corrected chi connectivity index (χ3v) is 3.12. The maximum Gasteiger partial charge on any atom is 0.252 e. The third-order valence-electron chi connectivity index (χ3n) is 2.92. The second kappa shape index (κ2) is 6.43. The summed E-state index contributed by atoms with van der Waals surface area (Å²) >= 11 is 5.61. The second-order valence-corrected chi connectivity index (χ2v) is 4.67. The molecule has 0 unspecified atom stereocenters. The van der Waals surface area contributed by atoms with Gasteiger partial charge in [0, 0.05) is 17.2 Å². The fraction of sp³-hybridized carbons (Fsp3) is 0.286. The van der Waals surface area contributed by atoms with Crippen molar-refractivity contribution in [2.45, 2.75) is 26.4 Å². The number of carbonyl (C=O) groups excluding carboxylic acids is 1. The molecule has 0 saturated carbocycles. The Bertz CT molecular complexity index is 610. The topological polar surface area (TPSA) is 64.3 Å². The zero-order chi connectivity index (χ0) is 14.5. The first-order valence-corrected chi connectivity index (χ1v) is 6.68. The van der Waals surface area contributed by atoms with Crippen LogP contribution in [0.1, 0.15) is 34.8 Å². The minimum absolute atomic E-state index is 0.182. The Morgan fingerprint density at radius 2 is 2.25 bits per heavy atom. The maximum absolute atomic E-state index is 11.5. The van der Waals surface area contributed by atoms with Gasteiger partial charge < -0.3 is 9.94 Å². The number of aryl methyl sites for hydroxylation is 1. The van der Waals surface area contributed by atoms with Gasteiger partial charge in [0.25, 0.3) is 5.24 Å². The van der Waals surface area contributed by atoms with Crippen molar-refractivity contribution >= 4 is 16.8 Å². The smallest absolute Gasteiger partial charge is 0.252 e. The van der Waals surface area contributed by atoms with E-state index in [0.717, 1.165) is 24.0 Å². The average molecular weight is 295 g/mol. The molecule has 1 N–H and O–H groups in total. The summed E-state index contributed by atoms with van der Waals surface area (Å²) in [5.41, 5.74) is 2.24. The molecule has 1 aromatic carbocycles. The Balaban J connectivity index is 2.25. The van der Waals surface area contributed by atoms with E-state index in [1.54, 1.807) is 6.07 Å². The minimum Gasteiger partial charge on any atom is -0.472 e. The molecular formula is C14H15ClN2O3. The van der Waals surface area contributed by atoms with E-state index in [1.165, 1.54) is 12.3 Å². The van der Waals surface area contributed by atoms with Crippen molar-refractivity contribution in [2.75, 3.05) is 0 Å². The van der Waals surface area contributed by atoms with Crippen LogP contribution in [0.15, 0.2) is 30.5 Å². The first-order chi connectivity index (χ1) is 9.61. The van der Waals surface area contributed by atoms with Gasteiger partial charge in [-0.2, -0.15) is 0 Å². The van der Waals surface area contributed by atoms with E-state index < -0.39 is 5.24 Å². The average Bonchev–Trinajstić information content (AvgIpc) is 2.83. The maximum atomic E-state index is 11.5. The van der Waals surface area contributed by atoms with E-state index in [2.05, 4.69) is 12.0 Å². The summed E-state index contributed by atoms with van der Waals surface area (Å²) in [6.45, 7) is 2.24. The molecule has 2 rings (SSSR count). The molecule has 1 heterocycles. The quantitative estimate of drug-likeness (QED) is 0.657. The minimum atomic E-state index is -0.505. The predicted molar refractivity (Wildman–Crippen MR) is 74.4 cm³/mol. The summed E-state index contributed by atoms with van der Waals surface area (Å²) in [4.78, 5) is 12.2. The Labute approximate surface area is 121 Å². The van der Waals surface area contributed by atoms with Gasteiger partial charge in [-0.15, -0.1) is 4.85 Å². The van der Waals surface area contributed by atoms with E-state index in [4.69, 9.17) is 21.5 Å². The van der Waals surface area contributed by atoms with Crippen LogP contribution in [-0.4, -0.2) is 20.4 Å². The summed E-state index contributed by atoms with van der Waals surface area (Å²) in [7, 11) is 0. The van der Waals surface area contributed by atoms with Gasteiger partial charge >= 0.3 is 0 Å². The molecule has 0 atom stereocenters. The first kappa shape index (κ1) is 14.4. The van der Waals surface area contributed by atoms with E-state index in [0.29, 0.717) is 10.4 Å². The van der Waals surface area contributed by atoms with E-state index >= 15 is 0 Å². The standard InChI is InChI=1S/C14H15ClN2O3/c1-2-4-10-5-3-6-11(14(15)18)12(10)9-20-13-7-8-17(19)16-13/h3,5-8,19H,2,4,9H2,1H3. The van der Waals surface area contributed by atoms with Crippen LogP contribution in [-0.2, 0) is 13.0 Å². The highest BCUT2D eigenvalue weighted by atomic mass is 35.5. The fourth-order valence-corrected chi connectivity index (χ4v) is 2.19. The van der Waals surface area contributed by atoms with Crippen molar-refractivity contribution < 1.29 is 14.7 Å². The van der Waals surface area contributed by atoms with Crippen LogP contribution in [0, 0.1) is 0 Å². The lowest BCUT2D eigenvalue weighted by atomic mass is 9.99. The SMILES string of the molecule is CCCc1cccc(C(=O)Cl)c1COc1ccn(O)n1. The molecule has 0 spiro atoms. The third kappa shape index (κ3) is 3.30. The van der Waals surface area contributed by atoms with Crippen molar-refractivity contribution in [3.05, 3.63) is 47.2 Å². The zero-order valence-corrected chi connectivity index (χ0v) is 11.8. The molecule has 2 aromatic rings. The van der Waals surface area contributed by atoms with Gasteiger partial charge in [-0.05, 0) is 29.7 Å². The normalized spacial score (nSPS) is 10.5. The number of nitrogens with zero attached hydrogens (tertiary/aromatic N) is 2. The molecule has 0 bridgehead atoms. The lowest BCUT2D eigenvalue weighted by Gasteiger charge is -2.12. The van der Waals surface area contributed by atoms with Gasteiger partial charge in [-0.25, -0.2) is 0 Å². The highest BCUT2D eigenvalue weighted by Crippen LogP contribution is 2.20. The molecule has 1 aromatic heterocycles. The monoisotopic (exact) mass is 294 g/mol. The van der Waals surface area contributed by atoms with Gasteiger partial charge in [-0.1, -0.05) is 30.6 Å². The number of halogens is 1. The number of carbonyl (C=O) groups is 1. The van der Waals surface area contributed by atoms with Crippen LogP contribution in [0.5, 0.6) is 5.88 Å². The van der Waals surface area contributed by atoms with E-state index in [1.807, 2.05) is 12.1 Å². The molecule has 0 aliphatic rings. The van der Waals surface area contributed by atoms with Gasteiger partial charge in [0.05, 0.1) is 6.20 Å². The summed E-state index contributed by atoms with van der Waals surface area (Å²) in [6, 6.07) is 6.98. The van der Waals surface area contributed by atoms with Crippen LogP contribution >= 0.6 is 11.6 Å². The molecule has 0 aliphatic heterocycles. The first-order valence-electron chi connectivity index (χ1n) is 6.30. The largest absolute Gasteiger partial charge is 0.472 e. The van der Waals surface area contributed by atoms with Crippen LogP contribution < -0.4 is 4.74 Å². The number of hydrogen-bond acceptors (Lipinski definition) is 4. The molecule has 0 radical (unpaired) electrons. The van der Waals surface area contributed by atoms with Gasteiger partial charge in [0.2, 0.25) is 5.88 Å². The summed E-state index contributed by atoms with van der Waals surface area (Å²) in [6.07, 6.45) is 3.16. The van der Waals surface area contributed by atoms with E-state index in [9.17, 15) is 4.79 Å². The Morgan fingerprint density at radius 3 is 2.85 bits per heavy atom. The molecule has 5 nitrogen and oxygen atoms in total.